The molecule has 5 nitrogen and oxygen atoms in total. The highest BCUT2D eigenvalue weighted by atomic mass is 32.2. The van der Waals surface area contributed by atoms with E-state index in [1.807, 2.05) is 0 Å². The van der Waals surface area contributed by atoms with Gasteiger partial charge in [0.2, 0.25) is 15.9 Å². The van der Waals surface area contributed by atoms with E-state index in [0.29, 0.717) is 11.6 Å². The number of nitrogens with one attached hydrogen (secondary N) is 1. The predicted octanol–water partition coefficient (Wildman–Crippen LogP) is 3.93. The molecule has 0 saturated heterocycles. The quantitative estimate of drug-likeness (QED) is 0.613. The maximum Gasteiger partial charge on any atom is 0.243 e. The largest absolute Gasteiger partial charge is 0.322 e. The highest BCUT2D eigenvalue weighted by Crippen LogP contribution is 2.20. The van der Waals surface area contributed by atoms with Gasteiger partial charge in [-0.3, -0.25) is 4.79 Å². The normalized spacial score (nSPS) is 11.5. The summed E-state index contributed by atoms with van der Waals surface area (Å²) in [5.74, 6) is -3.10. The number of benzene rings is 3. The average molecular weight is 434 g/mol. The van der Waals surface area contributed by atoms with Crippen molar-refractivity contribution in [3.05, 3.63) is 95.8 Å². The Morgan fingerprint density at radius 3 is 2.13 bits per heavy atom. The molecule has 0 bridgehead atoms. The lowest BCUT2D eigenvalue weighted by atomic mass is 10.2. The Labute approximate surface area is 171 Å². The van der Waals surface area contributed by atoms with Crippen molar-refractivity contribution < 1.29 is 26.4 Å². The van der Waals surface area contributed by atoms with Crippen LogP contribution in [-0.2, 0) is 21.4 Å². The molecule has 9 heteroatoms. The van der Waals surface area contributed by atoms with Crippen molar-refractivity contribution in [3.63, 3.8) is 0 Å². The third-order valence-corrected chi connectivity index (χ3v) is 5.98. The third-order valence-electron chi connectivity index (χ3n) is 4.18. The Kier molecular flexibility index (Phi) is 6.53. The van der Waals surface area contributed by atoms with E-state index in [-0.39, 0.29) is 17.1 Å². The lowest BCUT2D eigenvalue weighted by molar-refractivity contribution is -0.116. The topological polar surface area (TPSA) is 66.5 Å². The van der Waals surface area contributed by atoms with Crippen LogP contribution in [-0.4, -0.2) is 25.2 Å². The van der Waals surface area contributed by atoms with Gasteiger partial charge in [0.1, 0.15) is 17.5 Å². The van der Waals surface area contributed by atoms with Crippen molar-refractivity contribution in [2.24, 2.45) is 0 Å². The fourth-order valence-electron chi connectivity index (χ4n) is 2.70. The number of hydrogen-bond acceptors (Lipinski definition) is 3. The summed E-state index contributed by atoms with van der Waals surface area (Å²) in [6, 6.07) is 15.3. The standard InChI is InChI=1S/C21H17F3N2O3S/c22-16-8-6-15(7-9-16)13-26(30(28,29)18-4-2-1-3-5-18)14-21(27)25-20-11-10-17(23)12-19(20)24/h1-12H,13-14H2,(H,25,27). The van der Waals surface area contributed by atoms with E-state index >= 15 is 0 Å². The average Bonchev–Trinajstić information content (AvgIpc) is 2.72. The minimum Gasteiger partial charge on any atom is -0.322 e. The molecule has 156 valence electrons. The maximum atomic E-state index is 13.8. The Hall–Kier alpha value is -3.17. The number of amides is 1. The van der Waals surface area contributed by atoms with Crippen molar-refractivity contribution in [2.45, 2.75) is 11.4 Å². The molecule has 1 amide bonds. The van der Waals surface area contributed by atoms with Gasteiger partial charge in [0.15, 0.2) is 0 Å². The zero-order valence-corrected chi connectivity index (χ0v) is 16.4. The molecule has 3 aromatic rings. The van der Waals surface area contributed by atoms with E-state index in [9.17, 15) is 26.4 Å². The minimum atomic E-state index is -4.09. The van der Waals surface area contributed by atoms with Crippen LogP contribution >= 0.6 is 0 Å². The number of nitrogens with zero attached hydrogens (tertiary/aromatic N) is 1. The number of rotatable bonds is 7. The molecule has 0 aliphatic carbocycles. The molecule has 0 unspecified atom stereocenters. The van der Waals surface area contributed by atoms with Gasteiger partial charge in [-0.2, -0.15) is 4.31 Å². The number of hydrogen-bond donors (Lipinski definition) is 1. The van der Waals surface area contributed by atoms with Crippen molar-refractivity contribution in [1.29, 1.82) is 0 Å². The monoisotopic (exact) mass is 434 g/mol. The molecule has 0 aromatic heterocycles. The number of carbonyl (C=O) groups excluding carboxylic acids is 1. The number of sulfonamides is 1. The molecule has 1 N–H and O–H groups in total. The van der Waals surface area contributed by atoms with E-state index in [1.54, 1.807) is 6.07 Å². The fraction of sp³-hybridized carbons (Fsp3) is 0.0952. The smallest absolute Gasteiger partial charge is 0.243 e. The Balaban J connectivity index is 1.86. The van der Waals surface area contributed by atoms with Gasteiger partial charge >= 0.3 is 0 Å². The first-order valence-electron chi connectivity index (χ1n) is 8.80. The first-order chi connectivity index (χ1) is 14.3. The van der Waals surface area contributed by atoms with Gasteiger partial charge in [-0.25, -0.2) is 21.6 Å². The summed E-state index contributed by atoms with van der Waals surface area (Å²) in [6.45, 7) is -0.845. The van der Waals surface area contributed by atoms with Crippen LogP contribution in [0.5, 0.6) is 0 Å². The molecule has 0 radical (unpaired) electrons. The van der Waals surface area contributed by atoms with Crippen molar-refractivity contribution >= 4 is 21.6 Å². The van der Waals surface area contributed by atoms with Crippen molar-refractivity contribution in [3.8, 4) is 0 Å². The highest BCUT2D eigenvalue weighted by Gasteiger charge is 2.27. The van der Waals surface area contributed by atoms with Gasteiger partial charge in [0.25, 0.3) is 0 Å². The fourth-order valence-corrected chi connectivity index (χ4v) is 4.11. The van der Waals surface area contributed by atoms with E-state index in [4.69, 9.17) is 0 Å². The van der Waals surface area contributed by atoms with E-state index in [0.717, 1.165) is 16.4 Å². The first kappa shape index (κ1) is 21.5. The van der Waals surface area contributed by atoms with Gasteiger partial charge in [0, 0.05) is 12.6 Å². The van der Waals surface area contributed by atoms with E-state index in [1.165, 1.54) is 48.5 Å². The lowest BCUT2D eigenvalue weighted by Gasteiger charge is -2.22. The lowest BCUT2D eigenvalue weighted by Crippen LogP contribution is -2.37. The van der Waals surface area contributed by atoms with Crippen LogP contribution in [0.4, 0.5) is 18.9 Å². The van der Waals surface area contributed by atoms with Gasteiger partial charge in [-0.1, -0.05) is 30.3 Å². The van der Waals surface area contributed by atoms with Crippen molar-refractivity contribution in [1.82, 2.24) is 4.31 Å². The van der Waals surface area contributed by atoms with Crippen LogP contribution in [0.25, 0.3) is 0 Å². The molecular formula is C21H17F3N2O3S. The summed E-state index contributed by atoms with van der Waals surface area (Å²) in [4.78, 5) is 12.4. The molecule has 0 aliphatic rings. The highest BCUT2D eigenvalue weighted by molar-refractivity contribution is 7.89. The van der Waals surface area contributed by atoms with Crippen molar-refractivity contribution in [2.75, 3.05) is 11.9 Å². The molecule has 0 fully saturated rings. The number of anilines is 1. The Morgan fingerprint density at radius 1 is 0.867 bits per heavy atom. The molecule has 3 rings (SSSR count). The third kappa shape index (κ3) is 5.25. The molecule has 0 spiro atoms. The summed E-state index contributed by atoms with van der Waals surface area (Å²) >= 11 is 0. The summed E-state index contributed by atoms with van der Waals surface area (Å²) in [7, 11) is -4.09. The molecule has 0 saturated carbocycles. The maximum absolute atomic E-state index is 13.8. The molecule has 0 heterocycles. The van der Waals surface area contributed by atoms with E-state index in [2.05, 4.69) is 5.32 Å². The minimum absolute atomic E-state index is 0.0344. The molecular weight excluding hydrogens is 417 g/mol. The van der Waals surface area contributed by atoms with Crippen LogP contribution < -0.4 is 5.32 Å². The van der Waals surface area contributed by atoms with Gasteiger partial charge in [0.05, 0.1) is 17.1 Å². The SMILES string of the molecule is O=C(CN(Cc1ccc(F)cc1)S(=O)(=O)c1ccccc1)Nc1ccc(F)cc1F. The van der Waals surface area contributed by atoms with Crippen LogP contribution in [0.2, 0.25) is 0 Å². The zero-order chi connectivity index (χ0) is 21.7. The Bertz CT molecular complexity index is 1140. The number of carbonyl (C=O) groups is 1. The van der Waals surface area contributed by atoms with Gasteiger partial charge in [-0.15, -0.1) is 0 Å². The second-order valence-electron chi connectivity index (χ2n) is 6.38. The van der Waals surface area contributed by atoms with Crippen LogP contribution in [0, 0.1) is 17.5 Å². The molecule has 0 aliphatic heterocycles. The summed E-state index contributed by atoms with van der Waals surface area (Å²) < 4.78 is 67.0. The van der Waals surface area contributed by atoms with Crippen LogP contribution in [0.3, 0.4) is 0 Å². The second kappa shape index (κ2) is 9.10. The second-order valence-corrected chi connectivity index (χ2v) is 8.32. The molecule has 0 atom stereocenters. The summed E-state index contributed by atoms with van der Waals surface area (Å²) in [5, 5.41) is 2.24. The Morgan fingerprint density at radius 2 is 1.50 bits per heavy atom. The van der Waals surface area contributed by atoms with Gasteiger partial charge < -0.3 is 5.32 Å². The summed E-state index contributed by atoms with van der Waals surface area (Å²) in [6.07, 6.45) is 0. The van der Waals surface area contributed by atoms with Crippen LogP contribution in [0.15, 0.2) is 77.7 Å². The molecule has 30 heavy (non-hydrogen) atoms. The zero-order valence-electron chi connectivity index (χ0n) is 15.6. The molecule has 3 aromatic carbocycles. The van der Waals surface area contributed by atoms with Crippen LogP contribution in [0.1, 0.15) is 5.56 Å². The first-order valence-corrected chi connectivity index (χ1v) is 10.2. The van der Waals surface area contributed by atoms with Gasteiger partial charge in [-0.05, 0) is 42.0 Å². The van der Waals surface area contributed by atoms with E-state index < -0.39 is 39.9 Å². The summed E-state index contributed by atoms with van der Waals surface area (Å²) in [5.41, 5.74) is 0.178. The number of halogens is 3. The predicted molar refractivity (Wildman–Crippen MR) is 105 cm³/mol.